The second-order valence-corrected chi connectivity index (χ2v) is 4.42. The first-order valence-electron chi connectivity index (χ1n) is 5.86. The topological polar surface area (TPSA) is 63.1 Å². The molecule has 0 aliphatic rings. The Morgan fingerprint density at radius 2 is 1.90 bits per heavy atom. The number of carboxylic acids is 1. The van der Waals surface area contributed by atoms with E-state index in [0.717, 1.165) is 0 Å². The summed E-state index contributed by atoms with van der Waals surface area (Å²) in [5.74, 6) is -1.43. The lowest BCUT2D eigenvalue weighted by Gasteiger charge is -2.11. The van der Waals surface area contributed by atoms with Crippen molar-refractivity contribution in [2.75, 3.05) is 0 Å². The minimum Gasteiger partial charge on any atom is -0.478 e. The maximum atomic E-state index is 12.9. The van der Waals surface area contributed by atoms with Gasteiger partial charge in [-0.05, 0) is 12.1 Å². The summed E-state index contributed by atoms with van der Waals surface area (Å²) in [5, 5.41) is 10.3. The fourth-order valence-electron chi connectivity index (χ4n) is 2.18. The van der Waals surface area contributed by atoms with Crippen LogP contribution in [0.2, 0.25) is 0 Å². The molecule has 0 saturated carbocycles. The van der Waals surface area contributed by atoms with E-state index in [2.05, 4.69) is 9.97 Å². The van der Waals surface area contributed by atoms with E-state index in [9.17, 15) is 18.0 Å². The van der Waals surface area contributed by atoms with Crippen molar-refractivity contribution in [1.29, 1.82) is 0 Å². The zero-order chi connectivity index (χ0) is 15.2. The van der Waals surface area contributed by atoms with Crippen LogP contribution in [0.25, 0.3) is 21.7 Å². The molecule has 1 N–H and O–H groups in total. The number of benzene rings is 1. The highest BCUT2D eigenvalue weighted by Gasteiger charge is 2.34. The number of aromatic nitrogens is 2. The third kappa shape index (κ3) is 2.16. The molecule has 106 valence electrons. The number of fused-ring (bicyclic) bond motifs is 3. The molecule has 0 aliphatic heterocycles. The molecule has 0 saturated heterocycles. The Kier molecular flexibility index (Phi) is 2.79. The minimum atomic E-state index is -4.71. The van der Waals surface area contributed by atoms with E-state index in [-0.39, 0.29) is 10.9 Å². The highest BCUT2D eigenvalue weighted by Crippen LogP contribution is 2.33. The van der Waals surface area contributed by atoms with Gasteiger partial charge in [0.25, 0.3) is 0 Å². The first-order chi connectivity index (χ1) is 9.88. The van der Waals surface area contributed by atoms with Gasteiger partial charge in [-0.2, -0.15) is 13.2 Å². The molecule has 2 aromatic heterocycles. The fourth-order valence-corrected chi connectivity index (χ4v) is 2.18. The van der Waals surface area contributed by atoms with Crippen LogP contribution in [0.4, 0.5) is 13.2 Å². The number of halogens is 3. The van der Waals surface area contributed by atoms with E-state index >= 15 is 0 Å². The third-order valence-corrected chi connectivity index (χ3v) is 3.12. The summed E-state index contributed by atoms with van der Waals surface area (Å²) >= 11 is 0. The van der Waals surface area contributed by atoms with E-state index in [4.69, 9.17) is 5.11 Å². The second kappa shape index (κ2) is 4.41. The van der Waals surface area contributed by atoms with Crippen molar-refractivity contribution in [2.24, 2.45) is 0 Å². The smallest absolute Gasteiger partial charge is 0.433 e. The third-order valence-electron chi connectivity index (χ3n) is 3.12. The Bertz CT molecular complexity index is 875. The number of carboxylic acid groups (broad SMARTS) is 1. The highest BCUT2D eigenvalue weighted by atomic mass is 19.4. The summed E-state index contributed by atoms with van der Waals surface area (Å²) in [4.78, 5) is 18.7. The van der Waals surface area contributed by atoms with Crippen LogP contribution < -0.4 is 0 Å². The van der Waals surface area contributed by atoms with Crippen molar-refractivity contribution >= 4 is 27.6 Å². The molecule has 0 spiro atoms. The zero-order valence-corrected chi connectivity index (χ0v) is 10.3. The molecule has 0 bridgehead atoms. The second-order valence-electron chi connectivity index (χ2n) is 4.42. The van der Waals surface area contributed by atoms with Gasteiger partial charge in [0.05, 0.1) is 11.1 Å². The number of hydrogen-bond acceptors (Lipinski definition) is 3. The summed E-state index contributed by atoms with van der Waals surface area (Å²) in [6, 6.07) is 5.11. The largest absolute Gasteiger partial charge is 0.478 e. The van der Waals surface area contributed by atoms with Gasteiger partial charge in [0.2, 0.25) is 0 Å². The SMILES string of the molecule is O=C(O)c1cc(C(F)(F)F)nc2c1ccc1cnccc12. The molecular formula is C14H7F3N2O2. The van der Waals surface area contributed by atoms with Crippen LogP contribution in [0.1, 0.15) is 16.1 Å². The molecule has 1 aromatic carbocycles. The van der Waals surface area contributed by atoms with Crippen LogP contribution in [0.5, 0.6) is 0 Å². The predicted octanol–water partition coefficient (Wildman–Crippen LogP) is 3.50. The first-order valence-corrected chi connectivity index (χ1v) is 5.86. The number of rotatable bonds is 1. The van der Waals surface area contributed by atoms with Crippen LogP contribution in [0.15, 0.2) is 36.7 Å². The molecular weight excluding hydrogens is 285 g/mol. The molecule has 0 atom stereocenters. The first kappa shape index (κ1) is 13.3. The monoisotopic (exact) mass is 292 g/mol. The van der Waals surface area contributed by atoms with Crippen molar-refractivity contribution in [2.45, 2.75) is 6.18 Å². The predicted molar refractivity (Wildman–Crippen MR) is 69.0 cm³/mol. The van der Waals surface area contributed by atoms with Gasteiger partial charge in [0, 0.05) is 28.6 Å². The van der Waals surface area contributed by atoms with Gasteiger partial charge in [-0.25, -0.2) is 9.78 Å². The standard InChI is InChI=1S/C14H7F3N2O2/c15-14(16,17)11-5-10(13(20)21)9-2-1-7-6-18-4-3-8(7)12(9)19-11/h1-6H,(H,20,21). The number of aromatic carboxylic acids is 1. The van der Waals surface area contributed by atoms with Gasteiger partial charge >= 0.3 is 12.1 Å². The lowest BCUT2D eigenvalue weighted by molar-refractivity contribution is -0.140. The molecule has 21 heavy (non-hydrogen) atoms. The summed E-state index contributed by atoms with van der Waals surface area (Å²) in [7, 11) is 0. The molecule has 0 fully saturated rings. The van der Waals surface area contributed by atoms with E-state index < -0.39 is 23.4 Å². The van der Waals surface area contributed by atoms with Gasteiger partial charge in [-0.15, -0.1) is 0 Å². The molecule has 2 heterocycles. The normalized spacial score (nSPS) is 12.0. The average molecular weight is 292 g/mol. The van der Waals surface area contributed by atoms with Crippen LogP contribution in [0.3, 0.4) is 0 Å². The maximum absolute atomic E-state index is 12.9. The van der Waals surface area contributed by atoms with Gasteiger partial charge < -0.3 is 5.11 Å². The van der Waals surface area contributed by atoms with Crippen molar-refractivity contribution < 1.29 is 23.1 Å². The zero-order valence-electron chi connectivity index (χ0n) is 10.3. The van der Waals surface area contributed by atoms with Crippen LogP contribution in [0, 0.1) is 0 Å². The van der Waals surface area contributed by atoms with Crippen molar-refractivity contribution in [3.05, 3.63) is 47.9 Å². The molecule has 3 rings (SSSR count). The van der Waals surface area contributed by atoms with Crippen molar-refractivity contribution in [3.63, 3.8) is 0 Å². The lowest BCUT2D eigenvalue weighted by atomic mass is 10.0. The van der Waals surface area contributed by atoms with Crippen molar-refractivity contribution in [1.82, 2.24) is 9.97 Å². The highest BCUT2D eigenvalue weighted by molar-refractivity contribution is 6.11. The number of carbonyl (C=O) groups is 1. The number of hydrogen-bond donors (Lipinski definition) is 1. The van der Waals surface area contributed by atoms with E-state index in [1.54, 1.807) is 6.07 Å². The lowest BCUT2D eigenvalue weighted by Crippen LogP contribution is -2.11. The summed E-state index contributed by atoms with van der Waals surface area (Å²) in [6.07, 6.45) is -1.81. The molecule has 0 aliphatic carbocycles. The maximum Gasteiger partial charge on any atom is 0.433 e. The fraction of sp³-hybridized carbons (Fsp3) is 0.0714. The number of alkyl halides is 3. The van der Waals surface area contributed by atoms with Gasteiger partial charge in [-0.3, -0.25) is 4.98 Å². The molecule has 7 heteroatoms. The molecule has 4 nitrogen and oxygen atoms in total. The molecule has 0 radical (unpaired) electrons. The molecule has 3 aromatic rings. The Labute approximate surface area is 115 Å². The summed E-state index contributed by atoms with van der Waals surface area (Å²) in [5.41, 5.74) is -1.65. The number of pyridine rings is 2. The van der Waals surface area contributed by atoms with Gasteiger partial charge in [0.1, 0.15) is 5.69 Å². The van der Waals surface area contributed by atoms with Crippen LogP contribution in [-0.2, 0) is 6.18 Å². The minimum absolute atomic E-state index is 0.00197. The number of nitrogens with zero attached hydrogens (tertiary/aromatic N) is 2. The average Bonchev–Trinajstić information content (AvgIpc) is 2.44. The van der Waals surface area contributed by atoms with Gasteiger partial charge in [-0.1, -0.05) is 12.1 Å². The van der Waals surface area contributed by atoms with E-state index in [1.165, 1.54) is 24.5 Å². The van der Waals surface area contributed by atoms with Crippen LogP contribution >= 0.6 is 0 Å². The Morgan fingerprint density at radius 3 is 2.57 bits per heavy atom. The van der Waals surface area contributed by atoms with Gasteiger partial charge in [0.15, 0.2) is 0 Å². The summed E-state index contributed by atoms with van der Waals surface area (Å²) in [6.45, 7) is 0. The Balaban J connectivity index is 2.51. The Hall–Kier alpha value is -2.70. The quantitative estimate of drug-likeness (QED) is 0.697. The summed E-state index contributed by atoms with van der Waals surface area (Å²) < 4.78 is 38.7. The van der Waals surface area contributed by atoms with Crippen LogP contribution in [-0.4, -0.2) is 21.0 Å². The van der Waals surface area contributed by atoms with E-state index in [1.807, 2.05) is 0 Å². The Morgan fingerprint density at radius 1 is 1.14 bits per heavy atom. The molecule has 0 amide bonds. The molecule has 0 unspecified atom stereocenters. The van der Waals surface area contributed by atoms with E-state index in [0.29, 0.717) is 16.8 Å². The van der Waals surface area contributed by atoms with Crippen molar-refractivity contribution in [3.8, 4) is 0 Å².